The molecule has 0 aliphatic rings. The van der Waals surface area contributed by atoms with E-state index in [0.717, 1.165) is 35.2 Å². The Morgan fingerprint density at radius 2 is 1.67 bits per heavy atom. The van der Waals surface area contributed by atoms with Gasteiger partial charge in [-0.25, -0.2) is 9.59 Å². The Hall–Kier alpha value is -3.08. The van der Waals surface area contributed by atoms with Crippen molar-refractivity contribution in [3.63, 3.8) is 0 Å². The summed E-state index contributed by atoms with van der Waals surface area (Å²) in [6.07, 6.45) is 8.35. The topological polar surface area (TPSA) is 58.6 Å². The van der Waals surface area contributed by atoms with E-state index in [0.29, 0.717) is 25.1 Å². The average Bonchev–Trinajstić information content (AvgIpc) is 2.84. The van der Waals surface area contributed by atoms with E-state index in [1.165, 1.54) is 19.3 Å². The van der Waals surface area contributed by atoms with Crippen LogP contribution in [0.2, 0.25) is 0 Å². The van der Waals surface area contributed by atoms with Gasteiger partial charge < -0.3 is 10.1 Å². The minimum absolute atomic E-state index is 0.0887. The standard InChI is InChI=1S/C28H38N2O3/c1-5-8-9-10-11-19-29-28(32)30(4)26-14-12-13-25(21-26)24-17-15-22(16-18-24)20-23(6-2)27(31)33-7-3/h12-18,20-21H,5-11,19H2,1-4H3,(H,29,32)/b23-20+. The molecule has 5 heteroatoms. The minimum atomic E-state index is -0.265. The zero-order valence-corrected chi connectivity index (χ0v) is 20.5. The summed E-state index contributed by atoms with van der Waals surface area (Å²) in [7, 11) is 1.79. The molecule has 0 heterocycles. The summed E-state index contributed by atoms with van der Waals surface area (Å²) in [4.78, 5) is 26.2. The van der Waals surface area contributed by atoms with E-state index in [1.807, 2.05) is 68.5 Å². The van der Waals surface area contributed by atoms with Gasteiger partial charge in [0.05, 0.1) is 6.61 Å². The van der Waals surface area contributed by atoms with E-state index in [-0.39, 0.29) is 12.0 Å². The Labute approximate surface area is 198 Å². The fourth-order valence-electron chi connectivity index (χ4n) is 3.56. The summed E-state index contributed by atoms with van der Waals surface area (Å²) < 4.78 is 5.12. The van der Waals surface area contributed by atoms with Gasteiger partial charge in [-0.3, -0.25) is 4.90 Å². The van der Waals surface area contributed by atoms with E-state index in [4.69, 9.17) is 4.74 Å². The Morgan fingerprint density at radius 1 is 0.939 bits per heavy atom. The summed E-state index contributed by atoms with van der Waals surface area (Å²) in [5.41, 5.74) is 4.53. The van der Waals surface area contributed by atoms with Crippen molar-refractivity contribution in [3.05, 3.63) is 59.7 Å². The largest absolute Gasteiger partial charge is 0.463 e. The number of hydrogen-bond acceptors (Lipinski definition) is 3. The molecule has 2 aromatic rings. The first kappa shape index (κ1) is 26.2. The lowest BCUT2D eigenvalue weighted by Crippen LogP contribution is -2.37. The first-order chi connectivity index (χ1) is 16.0. The normalized spacial score (nSPS) is 11.2. The van der Waals surface area contributed by atoms with Crippen molar-refractivity contribution >= 4 is 23.8 Å². The van der Waals surface area contributed by atoms with Gasteiger partial charge >= 0.3 is 12.0 Å². The Balaban J connectivity index is 2.03. The molecule has 0 aliphatic heterocycles. The first-order valence-corrected chi connectivity index (χ1v) is 12.1. The maximum Gasteiger partial charge on any atom is 0.333 e. The predicted molar refractivity (Wildman–Crippen MR) is 137 cm³/mol. The third-order valence-electron chi connectivity index (χ3n) is 5.60. The van der Waals surface area contributed by atoms with Crippen molar-refractivity contribution < 1.29 is 14.3 Å². The number of amides is 2. The molecule has 0 spiro atoms. The van der Waals surface area contributed by atoms with Gasteiger partial charge in [0.15, 0.2) is 0 Å². The molecule has 0 aliphatic carbocycles. The molecule has 0 bridgehead atoms. The molecular formula is C28H38N2O3. The first-order valence-electron chi connectivity index (χ1n) is 12.1. The number of esters is 1. The van der Waals surface area contributed by atoms with Crippen molar-refractivity contribution in [3.8, 4) is 11.1 Å². The smallest absolute Gasteiger partial charge is 0.333 e. The molecule has 33 heavy (non-hydrogen) atoms. The maximum absolute atomic E-state index is 12.5. The second kappa shape index (κ2) is 14.1. The molecule has 0 radical (unpaired) electrons. The lowest BCUT2D eigenvalue weighted by molar-refractivity contribution is -0.138. The number of benzene rings is 2. The monoisotopic (exact) mass is 450 g/mol. The van der Waals surface area contributed by atoms with Crippen LogP contribution in [0, 0.1) is 0 Å². The van der Waals surface area contributed by atoms with E-state index in [1.54, 1.807) is 11.9 Å². The molecular weight excluding hydrogens is 412 g/mol. The van der Waals surface area contributed by atoms with E-state index < -0.39 is 0 Å². The van der Waals surface area contributed by atoms with Crippen molar-refractivity contribution in [2.45, 2.75) is 59.3 Å². The molecule has 178 valence electrons. The Bertz CT molecular complexity index is 919. The fourth-order valence-corrected chi connectivity index (χ4v) is 3.56. The van der Waals surface area contributed by atoms with E-state index in [9.17, 15) is 9.59 Å². The van der Waals surface area contributed by atoms with Gasteiger partial charge in [-0.2, -0.15) is 0 Å². The van der Waals surface area contributed by atoms with Crippen LogP contribution in [0.5, 0.6) is 0 Å². The molecule has 0 saturated heterocycles. The van der Waals surface area contributed by atoms with Crippen LogP contribution in [-0.2, 0) is 9.53 Å². The van der Waals surface area contributed by atoms with E-state index in [2.05, 4.69) is 12.2 Å². The fraction of sp³-hybridized carbons (Fsp3) is 0.429. The molecule has 0 fully saturated rings. The van der Waals surface area contributed by atoms with Crippen molar-refractivity contribution in [1.82, 2.24) is 5.32 Å². The molecule has 0 unspecified atom stereocenters. The van der Waals surface area contributed by atoms with Crippen molar-refractivity contribution in [1.29, 1.82) is 0 Å². The molecule has 1 N–H and O–H groups in total. The van der Waals surface area contributed by atoms with Crippen LogP contribution in [0.25, 0.3) is 17.2 Å². The number of nitrogens with one attached hydrogen (secondary N) is 1. The Morgan fingerprint density at radius 3 is 2.33 bits per heavy atom. The van der Waals surface area contributed by atoms with Crippen LogP contribution in [0.3, 0.4) is 0 Å². The number of anilines is 1. The van der Waals surface area contributed by atoms with Gasteiger partial charge in [-0.15, -0.1) is 0 Å². The number of nitrogens with zero attached hydrogens (tertiary/aromatic N) is 1. The average molecular weight is 451 g/mol. The van der Waals surface area contributed by atoms with Crippen LogP contribution in [0.15, 0.2) is 54.1 Å². The van der Waals surface area contributed by atoms with Crippen LogP contribution in [0.1, 0.15) is 64.9 Å². The quantitative estimate of drug-likeness (QED) is 0.219. The number of carbonyl (C=O) groups is 2. The Kier molecular flexibility index (Phi) is 11.2. The van der Waals surface area contributed by atoms with Gasteiger partial charge in [0, 0.05) is 24.9 Å². The second-order valence-corrected chi connectivity index (χ2v) is 8.12. The highest BCUT2D eigenvalue weighted by Gasteiger charge is 2.11. The van der Waals surface area contributed by atoms with Crippen molar-refractivity contribution in [2.75, 3.05) is 25.1 Å². The molecule has 2 aromatic carbocycles. The van der Waals surface area contributed by atoms with Crippen LogP contribution in [0.4, 0.5) is 10.5 Å². The third-order valence-corrected chi connectivity index (χ3v) is 5.60. The second-order valence-electron chi connectivity index (χ2n) is 8.12. The van der Waals surface area contributed by atoms with Gasteiger partial charge in [0.2, 0.25) is 0 Å². The number of ether oxygens (including phenoxy) is 1. The van der Waals surface area contributed by atoms with Crippen LogP contribution < -0.4 is 10.2 Å². The number of rotatable bonds is 12. The summed E-state index contributed by atoms with van der Waals surface area (Å²) in [6, 6.07) is 15.9. The van der Waals surface area contributed by atoms with Crippen LogP contribution >= 0.6 is 0 Å². The zero-order chi connectivity index (χ0) is 24.1. The predicted octanol–water partition coefficient (Wildman–Crippen LogP) is 6.83. The van der Waals surface area contributed by atoms with E-state index >= 15 is 0 Å². The summed E-state index contributed by atoms with van der Waals surface area (Å²) in [5, 5.41) is 3.01. The van der Waals surface area contributed by atoms with Gasteiger partial charge in [0.25, 0.3) is 0 Å². The number of unbranched alkanes of at least 4 members (excludes halogenated alkanes) is 4. The van der Waals surface area contributed by atoms with Gasteiger partial charge in [-0.05, 0) is 54.7 Å². The molecule has 5 nitrogen and oxygen atoms in total. The molecule has 2 rings (SSSR count). The molecule has 0 atom stereocenters. The SMILES string of the molecule is CCCCCCCNC(=O)N(C)c1cccc(-c2ccc(/C=C(\CC)C(=O)OCC)cc2)c1. The zero-order valence-electron chi connectivity index (χ0n) is 20.5. The summed E-state index contributed by atoms with van der Waals surface area (Å²) >= 11 is 0. The third kappa shape index (κ3) is 8.41. The summed E-state index contributed by atoms with van der Waals surface area (Å²) in [5.74, 6) is -0.265. The lowest BCUT2D eigenvalue weighted by Gasteiger charge is -2.19. The number of carbonyl (C=O) groups excluding carboxylic acids is 2. The van der Waals surface area contributed by atoms with Gasteiger partial charge in [-0.1, -0.05) is 75.9 Å². The lowest BCUT2D eigenvalue weighted by atomic mass is 10.0. The molecule has 2 amide bonds. The highest BCUT2D eigenvalue weighted by atomic mass is 16.5. The molecule has 0 saturated carbocycles. The highest BCUT2D eigenvalue weighted by molar-refractivity contribution is 5.94. The highest BCUT2D eigenvalue weighted by Crippen LogP contribution is 2.25. The number of hydrogen-bond donors (Lipinski definition) is 1. The maximum atomic E-state index is 12.5. The van der Waals surface area contributed by atoms with Crippen molar-refractivity contribution in [2.24, 2.45) is 0 Å². The minimum Gasteiger partial charge on any atom is -0.463 e. The van der Waals surface area contributed by atoms with Crippen LogP contribution in [-0.4, -0.2) is 32.2 Å². The van der Waals surface area contributed by atoms with Gasteiger partial charge in [0.1, 0.15) is 0 Å². The molecule has 0 aromatic heterocycles. The summed E-state index contributed by atoms with van der Waals surface area (Å²) in [6.45, 7) is 7.03. The number of urea groups is 1.